The summed E-state index contributed by atoms with van der Waals surface area (Å²) >= 11 is 0. The first kappa shape index (κ1) is 11.5. The van der Waals surface area contributed by atoms with E-state index in [9.17, 15) is 0 Å². The van der Waals surface area contributed by atoms with Crippen LogP contribution in [0.15, 0.2) is 30.5 Å². The molecule has 0 saturated heterocycles. The standard InChI is InChI=1S/C16H20N2/c1-16(2,3)18-10-6-7-12-11-17-14-9-5-4-8-13(14)15(12)18/h4-5,8-9,11H,6-7,10H2,1-3H3. The maximum Gasteiger partial charge on any atom is 0.0723 e. The van der Waals surface area contributed by atoms with E-state index in [2.05, 4.69) is 61.1 Å². The highest BCUT2D eigenvalue weighted by Crippen LogP contribution is 2.37. The van der Waals surface area contributed by atoms with E-state index in [1.807, 2.05) is 0 Å². The van der Waals surface area contributed by atoms with Crippen molar-refractivity contribution in [3.05, 3.63) is 36.0 Å². The van der Waals surface area contributed by atoms with E-state index in [1.54, 1.807) is 0 Å². The van der Waals surface area contributed by atoms with Gasteiger partial charge in [-0.1, -0.05) is 18.2 Å². The molecule has 2 heterocycles. The molecule has 1 aliphatic rings. The van der Waals surface area contributed by atoms with Crippen LogP contribution in [0.3, 0.4) is 0 Å². The lowest BCUT2D eigenvalue weighted by Gasteiger charge is -2.42. The SMILES string of the molecule is CC(C)(C)N1CCCc2cnc3ccccc3c21. The molecule has 1 aromatic carbocycles. The molecule has 2 heteroatoms. The largest absolute Gasteiger partial charge is 0.366 e. The maximum atomic E-state index is 4.58. The molecule has 94 valence electrons. The number of benzene rings is 1. The van der Waals surface area contributed by atoms with Gasteiger partial charge in [0.25, 0.3) is 0 Å². The highest BCUT2D eigenvalue weighted by atomic mass is 15.2. The van der Waals surface area contributed by atoms with Crippen LogP contribution in [-0.4, -0.2) is 17.1 Å². The van der Waals surface area contributed by atoms with Gasteiger partial charge in [-0.25, -0.2) is 0 Å². The molecule has 18 heavy (non-hydrogen) atoms. The average Bonchev–Trinajstić information content (AvgIpc) is 2.36. The first-order chi connectivity index (χ1) is 8.57. The zero-order valence-corrected chi connectivity index (χ0v) is 11.4. The molecule has 0 fully saturated rings. The van der Waals surface area contributed by atoms with Gasteiger partial charge in [0.2, 0.25) is 0 Å². The molecule has 2 aromatic rings. The second kappa shape index (κ2) is 3.98. The maximum absolute atomic E-state index is 4.58. The topological polar surface area (TPSA) is 16.1 Å². The summed E-state index contributed by atoms with van der Waals surface area (Å²) in [7, 11) is 0. The van der Waals surface area contributed by atoms with Crippen molar-refractivity contribution in [3.8, 4) is 0 Å². The minimum atomic E-state index is 0.166. The van der Waals surface area contributed by atoms with Crippen LogP contribution in [0.1, 0.15) is 32.8 Å². The third-order valence-electron chi connectivity index (χ3n) is 3.73. The fraction of sp³-hybridized carbons (Fsp3) is 0.438. The number of aromatic nitrogens is 1. The van der Waals surface area contributed by atoms with Gasteiger partial charge in [0.1, 0.15) is 0 Å². The summed E-state index contributed by atoms with van der Waals surface area (Å²) in [5.74, 6) is 0. The molecule has 0 spiro atoms. The van der Waals surface area contributed by atoms with E-state index in [1.165, 1.54) is 23.1 Å². The third-order valence-corrected chi connectivity index (χ3v) is 3.73. The van der Waals surface area contributed by atoms with Crippen LogP contribution in [0.4, 0.5) is 5.69 Å². The van der Waals surface area contributed by atoms with Crippen molar-refractivity contribution in [2.75, 3.05) is 11.4 Å². The minimum absolute atomic E-state index is 0.166. The predicted octanol–water partition coefficient (Wildman–Crippen LogP) is 3.79. The van der Waals surface area contributed by atoms with Gasteiger partial charge < -0.3 is 4.90 Å². The number of anilines is 1. The molecule has 1 aliphatic heterocycles. The summed E-state index contributed by atoms with van der Waals surface area (Å²) in [5.41, 5.74) is 4.07. The van der Waals surface area contributed by atoms with Crippen molar-refractivity contribution in [2.45, 2.75) is 39.2 Å². The number of nitrogens with zero attached hydrogens (tertiary/aromatic N) is 2. The van der Waals surface area contributed by atoms with E-state index in [4.69, 9.17) is 0 Å². The molecule has 1 aromatic heterocycles. The Labute approximate surface area is 109 Å². The van der Waals surface area contributed by atoms with E-state index < -0.39 is 0 Å². The van der Waals surface area contributed by atoms with Gasteiger partial charge in [-0.15, -0.1) is 0 Å². The van der Waals surface area contributed by atoms with Gasteiger partial charge in [-0.3, -0.25) is 4.98 Å². The molecule has 0 amide bonds. The van der Waals surface area contributed by atoms with E-state index in [0.29, 0.717) is 0 Å². The molecule has 0 radical (unpaired) electrons. The van der Waals surface area contributed by atoms with Crippen LogP contribution in [0.2, 0.25) is 0 Å². The molecule has 0 N–H and O–H groups in total. The lowest BCUT2D eigenvalue weighted by Crippen LogP contribution is -2.44. The predicted molar refractivity (Wildman–Crippen MR) is 77.2 cm³/mol. The normalized spacial score (nSPS) is 15.8. The molecule has 0 bridgehead atoms. The second-order valence-electron chi connectivity index (χ2n) is 6.08. The minimum Gasteiger partial charge on any atom is -0.366 e. The van der Waals surface area contributed by atoms with Crippen molar-refractivity contribution < 1.29 is 0 Å². The van der Waals surface area contributed by atoms with Crippen molar-refractivity contribution in [2.24, 2.45) is 0 Å². The summed E-state index contributed by atoms with van der Waals surface area (Å²) in [6.07, 6.45) is 4.44. The summed E-state index contributed by atoms with van der Waals surface area (Å²) in [5, 5.41) is 1.30. The molecule has 0 saturated carbocycles. The first-order valence-corrected chi connectivity index (χ1v) is 6.71. The number of hydrogen-bond donors (Lipinski definition) is 0. The quantitative estimate of drug-likeness (QED) is 0.696. The van der Waals surface area contributed by atoms with Crippen molar-refractivity contribution in [1.29, 1.82) is 0 Å². The third kappa shape index (κ3) is 1.76. The second-order valence-corrected chi connectivity index (χ2v) is 6.08. The zero-order valence-electron chi connectivity index (χ0n) is 11.4. The Bertz CT molecular complexity index is 581. The zero-order chi connectivity index (χ0) is 12.8. The van der Waals surface area contributed by atoms with Crippen LogP contribution in [0.25, 0.3) is 10.9 Å². The van der Waals surface area contributed by atoms with Gasteiger partial charge >= 0.3 is 0 Å². The van der Waals surface area contributed by atoms with Crippen molar-refractivity contribution >= 4 is 16.6 Å². The molecule has 0 atom stereocenters. The number of aryl methyl sites for hydroxylation is 1. The molecule has 0 aliphatic carbocycles. The highest BCUT2D eigenvalue weighted by Gasteiger charge is 2.28. The van der Waals surface area contributed by atoms with Crippen LogP contribution >= 0.6 is 0 Å². The molecule has 2 nitrogen and oxygen atoms in total. The Morgan fingerprint density at radius 3 is 2.72 bits per heavy atom. The van der Waals surface area contributed by atoms with Crippen LogP contribution in [-0.2, 0) is 6.42 Å². The first-order valence-electron chi connectivity index (χ1n) is 6.71. The Hall–Kier alpha value is -1.57. The molecule has 3 rings (SSSR count). The Morgan fingerprint density at radius 1 is 1.17 bits per heavy atom. The smallest absolute Gasteiger partial charge is 0.0723 e. The number of para-hydroxylation sites is 1. The Balaban J connectivity index is 2.28. The average molecular weight is 240 g/mol. The fourth-order valence-corrected chi connectivity index (χ4v) is 2.88. The van der Waals surface area contributed by atoms with E-state index in [0.717, 1.165) is 18.5 Å². The number of hydrogen-bond acceptors (Lipinski definition) is 2. The summed E-state index contributed by atoms with van der Waals surface area (Å²) in [6, 6.07) is 8.47. The summed E-state index contributed by atoms with van der Waals surface area (Å²) < 4.78 is 0. The summed E-state index contributed by atoms with van der Waals surface area (Å²) in [4.78, 5) is 7.12. The summed E-state index contributed by atoms with van der Waals surface area (Å²) in [6.45, 7) is 8.01. The van der Waals surface area contributed by atoms with Gasteiger partial charge in [0.05, 0.1) is 11.2 Å². The van der Waals surface area contributed by atoms with Crippen LogP contribution < -0.4 is 4.90 Å². The monoisotopic (exact) mass is 240 g/mol. The Morgan fingerprint density at radius 2 is 1.94 bits per heavy atom. The van der Waals surface area contributed by atoms with E-state index >= 15 is 0 Å². The lowest BCUT2D eigenvalue weighted by molar-refractivity contribution is 0.485. The highest BCUT2D eigenvalue weighted by molar-refractivity contribution is 5.94. The Kier molecular flexibility index (Phi) is 2.54. The van der Waals surface area contributed by atoms with Gasteiger partial charge in [-0.05, 0) is 45.2 Å². The molecular weight excluding hydrogens is 220 g/mol. The molecule has 0 unspecified atom stereocenters. The molecular formula is C16H20N2. The van der Waals surface area contributed by atoms with Gasteiger partial charge in [-0.2, -0.15) is 0 Å². The van der Waals surface area contributed by atoms with Crippen molar-refractivity contribution in [1.82, 2.24) is 4.98 Å². The van der Waals surface area contributed by atoms with Gasteiger partial charge in [0.15, 0.2) is 0 Å². The van der Waals surface area contributed by atoms with Gasteiger partial charge in [0, 0.05) is 23.7 Å². The number of rotatable bonds is 0. The van der Waals surface area contributed by atoms with Crippen LogP contribution in [0, 0.1) is 0 Å². The lowest BCUT2D eigenvalue weighted by atomic mass is 9.94. The number of fused-ring (bicyclic) bond motifs is 3. The van der Waals surface area contributed by atoms with Crippen LogP contribution in [0.5, 0.6) is 0 Å². The van der Waals surface area contributed by atoms with Crippen molar-refractivity contribution in [3.63, 3.8) is 0 Å². The number of pyridine rings is 1. The van der Waals surface area contributed by atoms with E-state index in [-0.39, 0.29) is 5.54 Å². The fourth-order valence-electron chi connectivity index (χ4n) is 2.88.